The SMILES string of the molecule is CNCCC(C)(C)Cc1cc(F)ccc1Br. The largest absolute Gasteiger partial charge is 0.320 e. The van der Waals surface area contributed by atoms with Gasteiger partial charge in [-0.05, 0) is 55.6 Å². The quantitative estimate of drug-likeness (QED) is 0.869. The first-order valence-corrected chi connectivity index (χ1v) is 6.32. The topological polar surface area (TPSA) is 12.0 Å². The minimum Gasteiger partial charge on any atom is -0.320 e. The summed E-state index contributed by atoms with van der Waals surface area (Å²) >= 11 is 3.47. The smallest absolute Gasteiger partial charge is 0.123 e. The summed E-state index contributed by atoms with van der Waals surface area (Å²) in [6.45, 7) is 5.41. The fraction of sp³-hybridized carbons (Fsp3) is 0.538. The molecule has 3 heteroatoms. The van der Waals surface area contributed by atoms with Gasteiger partial charge in [-0.2, -0.15) is 0 Å². The number of halogens is 2. The summed E-state index contributed by atoms with van der Waals surface area (Å²) in [7, 11) is 1.95. The van der Waals surface area contributed by atoms with Crippen molar-refractivity contribution in [3.05, 3.63) is 34.1 Å². The Bertz CT molecular complexity index is 350. The maximum absolute atomic E-state index is 13.1. The van der Waals surface area contributed by atoms with E-state index in [1.807, 2.05) is 7.05 Å². The third-order valence-corrected chi connectivity index (χ3v) is 3.50. The van der Waals surface area contributed by atoms with Crippen molar-refractivity contribution in [3.63, 3.8) is 0 Å². The maximum atomic E-state index is 13.1. The highest BCUT2D eigenvalue weighted by atomic mass is 79.9. The second kappa shape index (κ2) is 5.78. The number of benzene rings is 1. The first-order chi connectivity index (χ1) is 7.44. The Morgan fingerprint density at radius 2 is 2.06 bits per heavy atom. The molecule has 0 atom stereocenters. The van der Waals surface area contributed by atoms with Crippen LogP contribution in [-0.4, -0.2) is 13.6 Å². The molecule has 1 aromatic rings. The first kappa shape index (κ1) is 13.7. The summed E-state index contributed by atoms with van der Waals surface area (Å²) in [4.78, 5) is 0. The van der Waals surface area contributed by atoms with Gasteiger partial charge in [-0.15, -0.1) is 0 Å². The average Bonchev–Trinajstić information content (AvgIpc) is 2.20. The van der Waals surface area contributed by atoms with Crippen molar-refractivity contribution in [2.75, 3.05) is 13.6 Å². The molecule has 0 aliphatic rings. The van der Waals surface area contributed by atoms with Gasteiger partial charge in [0, 0.05) is 4.47 Å². The standard InChI is InChI=1S/C13H19BrFN/c1-13(2,6-7-16-3)9-10-8-11(15)4-5-12(10)14/h4-5,8,16H,6-7,9H2,1-3H3. The van der Waals surface area contributed by atoms with Crippen LogP contribution in [0.5, 0.6) is 0 Å². The second-order valence-corrected chi connectivity index (χ2v) is 5.78. The van der Waals surface area contributed by atoms with Crippen LogP contribution in [0.2, 0.25) is 0 Å². The van der Waals surface area contributed by atoms with E-state index in [0.29, 0.717) is 0 Å². The van der Waals surface area contributed by atoms with Crippen molar-refractivity contribution >= 4 is 15.9 Å². The predicted molar refractivity (Wildman–Crippen MR) is 70.1 cm³/mol. The lowest BCUT2D eigenvalue weighted by Gasteiger charge is -2.25. The summed E-state index contributed by atoms with van der Waals surface area (Å²) in [6.07, 6.45) is 1.96. The molecule has 16 heavy (non-hydrogen) atoms. The van der Waals surface area contributed by atoms with Gasteiger partial charge in [-0.25, -0.2) is 4.39 Å². The monoisotopic (exact) mass is 287 g/mol. The van der Waals surface area contributed by atoms with Crippen LogP contribution in [0.1, 0.15) is 25.8 Å². The molecule has 1 nitrogen and oxygen atoms in total. The highest BCUT2D eigenvalue weighted by Crippen LogP contribution is 2.29. The summed E-state index contributed by atoms with van der Waals surface area (Å²) in [6, 6.07) is 4.87. The fourth-order valence-corrected chi connectivity index (χ4v) is 2.13. The lowest BCUT2D eigenvalue weighted by Crippen LogP contribution is -2.22. The van der Waals surface area contributed by atoms with Crippen LogP contribution in [-0.2, 0) is 6.42 Å². The van der Waals surface area contributed by atoms with Gasteiger partial charge in [0.05, 0.1) is 0 Å². The van der Waals surface area contributed by atoms with Crippen LogP contribution in [0.25, 0.3) is 0 Å². The third kappa shape index (κ3) is 4.22. The van der Waals surface area contributed by atoms with Gasteiger partial charge in [0.2, 0.25) is 0 Å². The molecule has 0 saturated heterocycles. The Hall–Kier alpha value is -0.410. The molecule has 0 fully saturated rings. The number of hydrogen-bond donors (Lipinski definition) is 1. The summed E-state index contributed by atoms with van der Waals surface area (Å²) in [5.41, 5.74) is 1.22. The van der Waals surface area contributed by atoms with E-state index in [1.165, 1.54) is 6.07 Å². The lowest BCUT2D eigenvalue weighted by atomic mass is 9.82. The molecule has 1 aromatic carbocycles. The van der Waals surface area contributed by atoms with Gasteiger partial charge < -0.3 is 5.32 Å². The molecule has 0 aliphatic heterocycles. The van der Waals surface area contributed by atoms with Crippen molar-refractivity contribution < 1.29 is 4.39 Å². The van der Waals surface area contributed by atoms with Gasteiger partial charge in [0.1, 0.15) is 5.82 Å². The molecule has 0 amide bonds. The molecular formula is C13H19BrFN. The van der Waals surface area contributed by atoms with E-state index in [-0.39, 0.29) is 11.2 Å². The van der Waals surface area contributed by atoms with E-state index < -0.39 is 0 Å². The molecule has 0 aromatic heterocycles. The summed E-state index contributed by atoms with van der Waals surface area (Å²) in [5.74, 6) is -0.164. The zero-order valence-electron chi connectivity index (χ0n) is 10.1. The van der Waals surface area contributed by atoms with Crippen molar-refractivity contribution in [2.45, 2.75) is 26.7 Å². The molecule has 0 unspecified atom stereocenters. The van der Waals surface area contributed by atoms with E-state index in [0.717, 1.165) is 29.4 Å². The summed E-state index contributed by atoms with van der Waals surface area (Å²) < 4.78 is 14.1. The van der Waals surface area contributed by atoms with Crippen molar-refractivity contribution in [2.24, 2.45) is 5.41 Å². The van der Waals surface area contributed by atoms with Crippen molar-refractivity contribution in [3.8, 4) is 0 Å². The third-order valence-electron chi connectivity index (χ3n) is 2.73. The fourth-order valence-electron chi connectivity index (χ4n) is 1.75. The van der Waals surface area contributed by atoms with E-state index in [1.54, 1.807) is 12.1 Å². The Balaban J connectivity index is 2.74. The molecule has 0 radical (unpaired) electrons. The molecule has 0 spiro atoms. The average molecular weight is 288 g/mol. The Kier molecular flexibility index (Phi) is 4.93. The van der Waals surface area contributed by atoms with Crippen molar-refractivity contribution in [1.29, 1.82) is 0 Å². The number of nitrogens with one attached hydrogen (secondary N) is 1. The van der Waals surface area contributed by atoms with Gasteiger partial charge in [0.25, 0.3) is 0 Å². The minimum atomic E-state index is -0.164. The van der Waals surface area contributed by atoms with Crippen LogP contribution >= 0.6 is 15.9 Å². The number of rotatable bonds is 5. The molecular weight excluding hydrogens is 269 g/mol. The van der Waals surface area contributed by atoms with Crippen LogP contribution in [0.3, 0.4) is 0 Å². The molecule has 1 N–H and O–H groups in total. The van der Waals surface area contributed by atoms with Crippen LogP contribution in [0, 0.1) is 11.2 Å². The molecule has 0 bridgehead atoms. The molecule has 90 valence electrons. The second-order valence-electron chi connectivity index (χ2n) is 4.93. The minimum absolute atomic E-state index is 0.164. The van der Waals surface area contributed by atoms with E-state index in [4.69, 9.17) is 0 Å². The predicted octanol–water partition coefficient (Wildman–Crippen LogP) is 3.77. The Morgan fingerprint density at radius 3 is 2.69 bits per heavy atom. The van der Waals surface area contributed by atoms with Crippen LogP contribution < -0.4 is 5.32 Å². The normalized spacial score (nSPS) is 11.8. The number of hydrogen-bond acceptors (Lipinski definition) is 1. The van der Waals surface area contributed by atoms with Gasteiger partial charge in [0.15, 0.2) is 0 Å². The molecule has 1 rings (SSSR count). The van der Waals surface area contributed by atoms with Gasteiger partial charge >= 0.3 is 0 Å². The van der Waals surface area contributed by atoms with E-state index in [9.17, 15) is 4.39 Å². The summed E-state index contributed by atoms with van der Waals surface area (Å²) in [5, 5.41) is 3.15. The van der Waals surface area contributed by atoms with Crippen LogP contribution in [0.4, 0.5) is 4.39 Å². The zero-order chi connectivity index (χ0) is 12.2. The maximum Gasteiger partial charge on any atom is 0.123 e. The lowest BCUT2D eigenvalue weighted by molar-refractivity contribution is 0.328. The molecule has 0 heterocycles. The highest BCUT2D eigenvalue weighted by Gasteiger charge is 2.19. The molecule has 0 saturated carbocycles. The van der Waals surface area contributed by atoms with Gasteiger partial charge in [-0.3, -0.25) is 0 Å². The van der Waals surface area contributed by atoms with Gasteiger partial charge in [-0.1, -0.05) is 29.8 Å². The Labute approximate surface area is 106 Å². The molecule has 0 aliphatic carbocycles. The zero-order valence-corrected chi connectivity index (χ0v) is 11.7. The Morgan fingerprint density at radius 1 is 1.38 bits per heavy atom. The van der Waals surface area contributed by atoms with Crippen molar-refractivity contribution in [1.82, 2.24) is 5.32 Å². The first-order valence-electron chi connectivity index (χ1n) is 5.53. The van der Waals surface area contributed by atoms with Crippen LogP contribution in [0.15, 0.2) is 22.7 Å². The highest BCUT2D eigenvalue weighted by molar-refractivity contribution is 9.10. The van der Waals surface area contributed by atoms with E-state index in [2.05, 4.69) is 35.1 Å². The van der Waals surface area contributed by atoms with E-state index >= 15 is 0 Å².